The maximum atomic E-state index is 11.7. The number of carbonyl (C=O) groups is 2. The fraction of sp³-hybridized carbons (Fsp3) is 0.429. The quantitative estimate of drug-likeness (QED) is 0.779. The van der Waals surface area contributed by atoms with Gasteiger partial charge in [0.2, 0.25) is 0 Å². The van der Waals surface area contributed by atoms with Crippen molar-refractivity contribution in [1.82, 2.24) is 5.32 Å². The Hall–Kier alpha value is -2.04. The van der Waals surface area contributed by atoms with Gasteiger partial charge in [-0.15, -0.1) is 0 Å². The minimum atomic E-state index is -0.834. The van der Waals surface area contributed by atoms with Crippen LogP contribution < -0.4 is 10.6 Å². The molecule has 3 N–H and O–H groups in total. The maximum absolute atomic E-state index is 11.7. The predicted octanol–water partition coefficient (Wildman–Crippen LogP) is 2.29. The van der Waals surface area contributed by atoms with Crippen molar-refractivity contribution >= 4 is 17.7 Å². The molecule has 2 rings (SSSR count). The number of amides is 2. The summed E-state index contributed by atoms with van der Waals surface area (Å²) in [6.07, 6.45) is 1.26. The minimum absolute atomic E-state index is 0.180. The summed E-state index contributed by atoms with van der Waals surface area (Å²) in [7, 11) is 0. The predicted molar refractivity (Wildman–Crippen MR) is 72.2 cm³/mol. The topological polar surface area (TPSA) is 78.4 Å². The van der Waals surface area contributed by atoms with Crippen LogP contribution in [-0.2, 0) is 4.79 Å². The van der Waals surface area contributed by atoms with Gasteiger partial charge in [-0.05, 0) is 38.3 Å². The maximum Gasteiger partial charge on any atom is 0.319 e. The van der Waals surface area contributed by atoms with Crippen LogP contribution in [0, 0.1) is 19.3 Å². The van der Waals surface area contributed by atoms with E-state index in [0.29, 0.717) is 12.8 Å². The molecule has 0 heterocycles. The molecule has 0 unspecified atom stereocenters. The highest BCUT2D eigenvalue weighted by atomic mass is 16.4. The van der Waals surface area contributed by atoms with E-state index >= 15 is 0 Å². The summed E-state index contributed by atoms with van der Waals surface area (Å²) in [5, 5.41) is 14.4. The summed E-state index contributed by atoms with van der Waals surface area (Å²) < 4.78 is 0. The lowest BCUT2D eigenvalue weighted by Crippen LogP contribution is -2.36. The summed E-state index contributed by atoms with van der Waals surface area (Å²) >= 11 is 0. The van der Waals surface area contributed by atoms with E-state index in [1.807, 2.05) is 32.0 Å². The Morgan fingerprint density at radius 1 is 1.32 bits per heavy atom. The molecule has 0 atom stereocenters. The molecule has 1 saturated carbocycles. The Bertz CT molecular complexity index is 521. The van der Waals surface area contributed by atoms with Crippen molar-refractivity contribution in [2.24, 2.45) is 5.41 Å². The molecule has 0 radical (unpaired) electrons. The number of rotatable bonds is 4. The van der Waals surface area contributed by atoms with Crippen molar-refractivity contribution in [3.63, 3.8) is 0 Å². The molecule has 1 aromatic carbocycles. The zero-order valence-electron chi connectivity index (χ0n) is 11.1. The first kappa shape index (κ1) is 13.4. The number of carbonyl (C=O) groups excluding carboxylic acids is 1. The number of anilines is 1. The molecule has 0 aromatic heterocycles. The van der Waals surface area contributed by atoms with E-state index in [-0.39, 0.29) is 12.6 Å². The molecule has 1 aromatic rings. The van der Waals surface area contributed by atoms with Crippen LogP contribution in [0.15, 0.2) is 18.2 Å². The van der Waals surface area contributed by atoms with Gasteiger partial charge in [0.05, 0.1) is 5.41 Å². The van der Waals surface area contributed by atoms with Crippen molar-refractivity contribution in [1.29, 1.82) is 0 Å². The lowest BCUT2D eigenvalue weighted by molar-refractivity contribution is -0.143. The zero-order chi connectivity index (χ0) is 14.0. The van der Waals surface area contributed by atoms with E-state index < -0.39 is 11.4 Å². The van der Waals surface area contributed by atoms with Crippen LogP contribution in [0.5, 0.6) is 0 Å². The van der Waals surface area contributed by atoms with E-state index in [1.54, 1.807) is 0 Å². The van der Waals surface area contributed by atoms with Crippen LogP contribution in [-0.4, -0.2) is 23.7 Å². The van der Waals surface area contributed by atoms with Crippen molar-refractivity contribution in [3.8, 4) is 0 Å². The summed E-state index contributed by atoms with van der Waals surface area (Å²) in [5.41, 5.74) is 2.11. The smallest absolute Gasteiger partial charge is 0.319 e. The van der Waals surface area contributed by atoms with Gasteiger partial charge < -0.3 is 15.7 Å². The zero-order valence-corrected chi connectivity index (χ0v) is 11.1. The molecule has 0 aliphatic heterocycles. The van der Waals surface area contributed by atoms with E-state index in [2.05, 4.69) is 10.6 Å². The number of hydrogen-bond acceptors (Lipinski definition) is 2. The third kappa shape index (κ3) is 3.05. The number of carboxylic acids is 1. The Kier molecular flexibility index (Phi) is 3.46. The van der Waals surface area contributed by atoms with Gasteiger partial charge in [0, 0.05) is 12.2 Å². The standard InChI is InChI=1S/C14H18N2O3/c1-9-3-4-11(10(2)7-9)16-13(19)15-8-14(5-6-14)12(17)18/h3-4,7H,5-6,8H2,1-2H3,(H,17,18)(H2,15,16,19). The third-order valence-electron chi connectivity index (χ3n) is 3.52. The highest BCUT2D eigenvalue weighted by Crippen LogP contribution is 2.45. The SMILES string of the molecule is Cc1ccc(NC(=O)NCC2(C(=O)O)CC2)c(C)c1. The molecular weight excluding hydrogens is 244 g/mol. The van der Waals surface area contributed by atoms with Crippen molar-refractivity contribution in [2.75, 3.05) is 11.9 Å². The summed E-state index contributed by atoms with van der Waals surface area (Å²) in [5.74, 6) is -0.834. The molecule has 5 nitrogen and oxygen atoms in total. The fourth-order valence-electron chi connectivity index (χ4n) is 1.99. The number of carboxylic acid groups (broad SMARTS) is 1. The Morgan fingerprint density at radius 2 is 2.00 bits per heavy atom. The normalized spacial score (nSPS) is 15.7. The summed E-state index contributed by atoms with van der Waals surface area (Å²) in [4.78, 5) is 22.7. The molecule has 0 spiro atoms. The summed E-state index contributed by atoms with van der Waals surface area (Å²) in [6, 6.07) is 5.38. The Morgan fingerprint density at radius 3 is 2.53 bits per heavy atom. The average Bonchev–Trinajstić information content (AvgIpc) is 3.11. The van der Waals surface area contributed by atoms with Gasteiger partial charge in [0.15, 0.2) is 0 Å². The Balaban J connectivity index is 1.89. The minimum Gasteiger partial charge on any atom is -0.481 e. The molecule has 2 amide bonds. The second-order valence-corrected chi connectivity index (χ2v) is 5.21. The molecular formula is C14H18N2O3. The first-order valence-corrected chi connectivity index (χ1v) is 6.28. The van der Waals surface area contributed by atoms with Crippen LogP contribution in [0.25, 0.3) is 0 Å². The first-order valence-electron chi connectivity index (χ1n) is 6.28. The molecule has 0 bridgehead atoms. The van der Waals surface area contributed by atoms with E-state index in [4.69, 9.17) is 5.11 Å². The summed E-state index contributed by atoms with van der Waals surface area (Å²) in [6.45, 7) is 4.09. The van der Waals surface area contributed by atoms with Crippen molar-refractivity contribution in [2.45, 2.75) is 26.7 Å². The van der Waals surface area contributed by atoms with Gasteiger partial charge in [0.1, 0.15) is 0 Å². The van der Waals surface area contributed by atoms with Crippen molar-refractivity contribution in [3.05, 3.63) is 29.3 Å². The van der Waals surface area contributed by atoms with Crippen LogP contribution in [0.3, 0.4) is 0 Å². The Labute approximate surface area is 112 Å². The van der Waals surface area contributed by atoms with Gasteiger partial charge in [-0.1, -0.05) is 17.7 Å². The van der Waals surface area contributed by atoms with Crippen LogP contribution in [0.1, 0.15) is 24.0 Å². The molecule has 1 aliphatic rings. The van der Waals surface area contributed by atoms with Gasteiger partial charge in [-0.25, -0.2) is 4.79 Å². The van der Waals surface area contributed by atoms with E-state index in [9.17, 15) is 9.59 Å². The lowest BCUT2D eigenvalue weighted by atomic mass is 10.1. The van der Waals surface area contributed by atoms with Crippen LogP contribution in [0.2, 0.25) is 0 Å². The average molecular weight is 262 g/mol. The van der Waals surface area contributed by atoms with Gasteiger partial charge >= 0.3 is 12.0 Å². The third-order valence-corrected chi connectivity index (χ3v) is 3.52. The number of hydrogen-bond donors (Lipinski definition) is 3. The molecule has 5 heteroatoms. The molecule has 102 valence electrons. The van der Waals surface area contributed by atoms with E-state index in [1.165, 1.54) is 0 Å². The molecule has 1 fully saturated rings. The van der Waals surface area contributed by atoms with Crippen LogP contribution in [0.4, 0.5) is 10.5 Å². The second-order valence-electron chi connectivity index (χ2n) is 5.21. The highest BCUT2D eigenvalue weighted by Gasteiger charge is 2.50. The second kappa shape index (κ2) is 4.91. The van der Waals surface area contributed by atoms with Gasteiger partial charge in [-0.2, -0.15) is 0 Å². The van der Waals surface area contributed by atoms with Gasteiger partial charge in [0.25, 0.3) is 0 Å². The first-order chi connectivity index (χ1) is 8.93. The lowest BCUT2D eigenvalue weighted by Gasteiger charge is -2.13. The number of aliphatic carboxylic acids is 1. The monoisotopic (exact) mass is 262 g/mol. The molecule has 0 saturated heterocycles. The number of aryl methyl sites for hydroxylation is 2. The number of benzene rings is 1. The molecule has 19 heavy (non-hydrogen) atoms. The number of urea groups is 1. The van der Waals surface area contributed by atoms with Crippen molar-refractivity contribution < 1.29 is 14.7 Å². The molecule has 1 aliphatic carbocycles. The number of nitrogens with one attached hydrogen (secondary N) is 2. The highest BCUT2D eigenvalue weighted by molar-refractivity contribution is 5.90. The van der Waals surface area contributed by atoms with Crippen LogP contribution >= 0.6 is 0 Å². The van der Waals surface area contributed by atoms with E-state index in [0.717, 1.165) is 16.8 Å². The van der Waals surface area contributed by atoms with Gasteiger partial charge in [-0.3, -0.25) is 4.79 Å². The largest absolute Gasteiger partial charge is 0.481 e. The fourth-order valence-corrected chi connectivity index (χ4v) is 1.99.